The molecule has 8 nitrogen and oxygen atoms in total. The Labute approximate surface area is 199 Å². The van der Waals surface area contributed by atoms with E-state index in [0.717, 1.165) is 5.56 Å². The van der Waals surface area contributed by atoms with Gasteiger partial charge in [-0.25, -0.2) is 0 Å². The largest absolute Gasteiger partial charge is 0.507 e. The molecule has 0 radical (unpaired) electrons. The third kappa shape index (κ3) is 4.72. The topological polar surface area (TPSA) is 94.5 Å². The van der Waals surface area contributed by atoms with Crippen LogP contribution in [-0.4, -0.2) is 62.8 Å². The van der Waals surface area contributed by atoms with Crippen molar-refractivity contribution in [2.45, 2.75) is 26.3 Å². The van der Waals surface area contributed by atoms with Crippen molar-refractivity contribution in [3.63, 3.8) is 0 Å². The normalized spacial score (nSPS) is 17.2. The van der Waals surface area contributed by atoms with Crippen LogP contribution in [0.1, 0.15) is 36.1 Å². The first kappa shape index (κ1) is 25.1. The van der Waals surface area contributed by atoms with Crippen LogP contribution < -0.4 is 14.2 Å². The van der Waals surface area contributed by atoms with Gasteiger partial charge in [-0.05, 0) is 50.1 Å². The number of nitrogens with zero attached hydrogens (tertiary/aromatic N) is 1. The molecule has 0 bridgehead atoms. The Kier molecular flexibility index (Phi) is 8.17. The van der Waals surface area contributed by atoms with E-state index in [2.05, 4.69) is 0 Å². The predicted molar refractivity (Wildman–Crippen MR) is 127 cm³/mol. The maximum Gasteiger partial charge on any atom is 0.295 e. The highest BCUT2D eigenvalue weighted by Gasteiger charge is 2.47. The summed E-state index contributed by atoms with van der Waals surface area (Å²) in [6.45, 7) is 4.94. The van der Waals surface area contributed by atoms with Crippen LogP contribution >= 0.6 is 0 Å². The quantitative estimate of drug-likeness (QED) is 0.244. The minimum absolute atomic E-state index is 0.00229. The summed E-state index contributed by atoms with van der Waals surface area (Å²) in [6.07, 6.45) is 0.522. The van der Waals surface area contributed by atoms with Crippen molar-refractivity contribution in [2.75, 3.05) is 41.1 Å². The molecular weight excluding hydrogens is 438 g/mol. The summed E-state index contributed by atoms with van der Waals surface area (Å²) in [5, 5.41) is 11.3. The van der Waals surface area contributed by atoms with E-state index in [9.17, 15) is 14.7 Å². The van der Waals surface area contributed by atoms with Crippen LogP contribution in [0.3, 0.4) is 0 Å². The summed E-state index contributed by atoms with van der Waals surface area (Å²) < 4.78 is 21.7. The molecule has 2 aromatic carbocycles. The van der Waals surface area contributed by atoms with Crippen molar-refractivity contribution in [3.8, 4) is 17.2 Å². The number of aryl methyl sites for hydroxylation is 1. The number of benzene rings is 2. The van der Waals surface area contributed by atoms with Gasteiger partial charge in [0.15, 0.2) is 11.5 Å². The van der Waals surface area contributed by atoms with Gasteiger partial charge in [-0.1, -0.05) is 12.1 Å². The second kappa shape index (κ2) is 11.1. The first-order chi connectivity index (χ1) is 16.4. The Bertz CT molecular complexity index is 1090. The molecule has 34 heavy (non-hydrogen) atoms. The van der Waals surface area contributed by atoms with Gasteiger partial charge in [0.1, 0.15) is 11.5 Å². The van der Waals surface area contributed by atoms with Gasteiger partial charge in [0.25, 0.3) is 11.7 Å². The molecule has 1 aliphatic heterocycles. The van der Waals surface area contributed by atoms with Gasteiger partial charge in [-0.15, -0.1) is 0 Å². The molecule has 1 saturated heterocycles. The monoisotopic (exact) mass is 469 g/mol. The lowest BCUT2D eigenvalue weighted by Gasteiger charge is -2.27. The summed E-state index contributed by atoms with van der Waals surface area (Å²) in [7, 11) is 4.58. The molecule has 1 atom stereocenters. The number of aliphatic hydroxyl groups excluding tert-OH is 1. The van der Waals surface area contributed by atoms with Crippen LogP contribution in [0.15, 0.2) is 42.0 Å². The van der Waals surface area contributed by atoms with E-state index in [1.807, 2.05) is 13.8 Å². The minimum Gasteiger partial charge on any atom is -0.507 e. The number of amides is 1. The van der Waals surface area contributed by atoms with Crippen molar-refractivity contribution in [1.29, 1.82) is 0 Å². The maximum atomic E-state index is 13.2. The predicted octanol–water partition coefficient (Wildman–Crippen LogP) is 3.87. The van der Waals surface area contributed by atoms with Gasteiger partial charge in [0, 0.05) is 31.4 Å². The van der Waals surface area contributed by atoms with Crippen LogP contribution in [-0.2, 0) is 14.3 Å². The number of carbonyl (C=O) groups is 2. The number of likely N-dealkylation sites (tertiary alicyclic amines) is 1. The summed E-state index contributed by atoms with van der Waals surface area (Å²) in [6, 6.07) is 9.54. The van der Waals surface area contributed by atoms with E-state index >= 15 is 0 Å². The Balaban J connectivity index is 2.20. The summed E-state index contributed by atoms with van der Waals surface area (Å²) in [4.78, 5) is 27.8. The smallest absolute Gasteiger partial charge is 0.295 e. The summed E-state index contributed by atoms with van der Waals surface area (Å²) >= 11 is 0. The van der Waals surface area contributed by atoms with E-state index in [4.69, 9.17) is 18.9 Å². The molecule has 0 aliphatic carbocycles. The van der Waals surface area contributed by atoms with Crippen LogP contribution in [0.25, 0.3) is 5.76 Å². The second-order valence-corrected chi connectivity index (χ2v) is 7.83. The van der Waals surface area contributed by atoms with Crippen molar-refractivity contribution in [3.05, 3.63) is 58.7 Å². The van der Waals surface area contributed by atoms with E-state index in [1.54, 1.807) is 43.5 Å². The fourth-order valence-corrected chi connectivity index (χ4v) is 4.21. The first-order valence-electron chi connectivity index (χ1n) is 11.1. The number of methoxy groups -OCH3 is 3. The molecule has 8 heteroatoms. The van der Waals surface area contributed by atoms with Gasteiger partial charge < -0.3 is 29.0 Å². The Morgan fingerprint density at radius 2 is 1.82 bits per heavy atom. The van der Waals surface area contributed by atoms with Crippen LogP contribution in [0.4, 0.5) is 0 Å². The Morgan fingerprint density at radius 1 is 1.06 bits per heavy atom. The molecule has 1 aliphatic rings. The van der Waals surface area contributed by atoms with Gasteiger partial charge in [-0.2, -0.15) is 0 Å². The Morgan fingerprint density at radius 3 is 2.44 bits per heavy atom. The number of ketones is 1. The van der Waals surface area contributed by atoms with Gasteiger partial charge in [0.05, 0.1) is 32.4 Å². The van der Waals surface area contributed by atoms with Gasteiger partial charge in [0.2, 0.25) is 0 Å². The molecule has 1 N–H and O–H groups in total. The number of hydrogen-bond acceptors (Lipinski definition) is 7. The number of ether oxygens (including phenoxy) is 4. The molecular formula is C26H31NO7. The number of carbonyl (C=O) groups excluding carboxylic acids is 2. The number of para-hydroxylation sites is 1. The van der Waals surface area contributed by atoms with Crippen molar-refractivity contribution < 1.29 is 33.6 Å². The van der Waals surface area contributed by atoms with Crippen molar-refractivity contribution in [1.82, 2.24) is 4.90 Å². The fraction of sp³-hybridized carbons (Fsp3) is 0.385. The number of aliphatic hydroxyl groups is 1. The van der Waals surface area contributed by atoms with Crippen molar-refractivity contribution >= 4 is 17.4 Å². The van der Waals surface area contributed by atoms with Crippen LogP contribution in [0.2, 0.25) is 0 Å². The highest BCUT2D eigenvalue weighted by Crippen LogP contribution is 2.45. The van der Waals surface area contributed by atoms with E-state index < -0.39 is 17.7 Å². The molecule has 1 unspecified atom stereocenters. The summed E-state index contributed by atoms with van der Waals surface area (Å²) in [5.74, 6) is -0.160. The first-order valence-corrected chi connectivity index (χ1v) is 11.1. The lowest BCUT2D eigenvalue weighted by Crippen LogP contribution is -2.31. The summed E-state index contributed by atoms with van der Waals surface area (Å²) in [5.41, 5.74) is 1.76. The van der Waals surface area contributed by atoms with Crippen LogP contribution in [0.5, 0.6) is 17.2 Å². The molecule has 0 aromatic heterocycles. The molecule has 182 valence electrons. The molecule has 0 saturated carbocycles. The average molecular weight is 470 g/mol. The lowest BCUT2D eigenvalue weighted by molar-refractivity contribution is -0.140. The average Bonchev–Trinajstić information content (AvgIpc) is 3.09. The Hall–Kier alpha value is -3.52. The maximum absolute atomic E-state index is 13.2. The second-order valence-electron chi connectivity index (χ2n) is 7.83. The minimum atomic E-state index is -0.853. The van der Waals surface area contributed by atoms with E-state index in [-0.39, 0.29) is 17.9 Å². The zero-order valence-electron chi connectivity index (χ0n) is 20.2. The highest BCUT2D eigenvalue weighted by atomic mass is 16.5. The zero-order valence-corrected chi connectivity index (χ0v) is 20.2. The lowest BCUT2D eigenvalue weighted by atomic mass is 9.94. The molecule has 1 fully saturated rings. The highest BCUT2D eigenvalue weighted by molar-refractivity contribution is 6.46. The molecule has 0 spiro atoms. The third-order valence-electron chi connectivity index (χ3n) is 5.76. The van der Waals surface area contributed by atoms with Gasteiger partial charge >= 0.3 is 0 Å². The van der Waals surface area contributed by atoms with Crippen molar-refractivity contribution in [2.24, 2.45) is 0 Å². The number of Topliss-reactive ketones (excluding diaryl/α,β-unsaturated/α-hetero) is 1. The fourth-order valence-electron chi connectivity index (χ4n) is 4.21. The number of rotatable bonds is 10. The standard InChI is InChI=1S/C26H31NO7/c1-6-34-19-12-11-17(15-16(19)2)23(28)21-22(18-9-7-10-20(32-4)25(18)33-5)27(13-8-14-31-3)26(30)24(21)29/h7,9-12,15,22,28H,6,8,13-14H2,1-5H3/b23-21+. The third-order valence-corrected chi connectivity index (χ3v) is 5.76. The van der Waals surface area contributed by atoms with E-state index in [1.165, 1.54) is 19.1 Å². The molecule has 1 heterocycles. The molecule has 2 aromatic rings. The van der Waals surface area contributed by atoms with Gasteiger partial charge in [-0.3, -0.25) is 9.59 Å². The number of hydrogen-bond donors (Lipinski definition) is 1. The van der Waals surface area contributed by atoms with Crippen LogP contribution in [0, 0.1) is 6.92 Å². The molecule has 1 amide bonds. The zero-order chi connectivity index (χ0) is 24.8. The SMILES string of the molecule is CCOc1ccc(/C(O)=C2\C(=O)C(=O)N(CCCOC)C2c2cccc(OC)c2OC)cc1C. The van der Waals surface area contributed by atoms with E-state index in [0.29, 0.717) is 48.0 Å². The molecule has 3 rings (SSSR count).